The third kappa shape index (κ3) is 6.46. The Morgan fingerprint density at radius 1 is 1.13 bits per heavy atom. The van der Waals surface area contributed by atoms with Gasteiger partial charge in [-0.3, -0.25) is 4.79 Å². The smallest absolute Gasteiger partial charge is 0.347 e. The van der Waals surface area contributed by atoms with Crippen molar-refractivity contribution in [1.82, 2.24) is 9.66 Å². The van der Waals surface area contributed by atoms with Gasteiger partial charge in [0.25, 0.3) is 5.56 Å². The molecule has 0 bridgehead atoms. The third-order valence-corrected chi connectivity index (χ3v) is 7.58. The normalized spacial score (nSPS) is 15.1. The predicted molar refractivity (Wildman–Crippen MR) is 155 cm³/mol. The van der Waals surface area contributed by atoms with Gasteiger partial charge in [0.1, 0.15) is 5.82 Å². The van der Waals surface area contributed by atoms with Gasteiger partial charge in [0, 0.05) is 20.4 Å². The summed E-state index contributed by atoms with van der Waals surface area (Å²) in [4.78, 5) is 30.6. The van der Waals surface area contributed by atoms with Crippen molar-refractivity contribution in [3.05, 3.63) is 61.0 Å². The van der Waals surface area contributed by atoms with Gasteiger partial charge in [-0.25, -0.2) is 9.78 Å². The molecular weight excluding hydrogens is 618 g/mol. The van der Waals surface area contributed by atoms with E-state index in [9.17, 15) is 9.59 Å². The Kier molecular flexibility index (Phi) is 9.59. The van der Waals surface area contributed by atoms with Gasteiger partial charge in [0.05, 0.1) is 30.3 Å². The first kappa shape index (κ1) is 28.3. The van der Waals surface area contributed by atoms with E-state index in [1.165, 1.54) is 11.1 Å². The molecule has 0 spiro atoms. The Bertz CT molecular complexity index is 1400. The monoisotopic (exact) mass is 647 g/mol. The molecule has 4 rings (SSSR count). The molecule has 3 aromatic rings. The van der Waals surface area contributed by atoms with Gasteiger partial charge in [-0.1, -0.05) is 35.2 Å². The number of rotatable bonds is 9. The van der Waals surface area contributed by atoms with Crippen molar-refractivity contribution in [2.75, 3.05) is 13.2 Å². The fourth-order valence-corrected chi connectivity index (χ4v) is 5.32. The Labute approximate surface area is 238 Å². The van der Waals surface area contributed by atoms with Crippen LogP contribution in [-0.4, -0.2) is 41.2 Å². The van der Waals surface area contributed by atoms with Gasteiger partial charge in [-0.2, -0.15) is 9.78 Å². The van der Waals surface area contributed by atoms with E-state index in [0.29, 0.717) is 44.9 Å². The van der Waals surface area contributed by atoms with E-state index in [1.807, 2.05) is 19.1 Å². The summed E-state index contributed by atoms with van der Waals surface area (Å²) in [5.74, 6) is 1.25. The number of hydrogen-bond acceptors (Lipinski definition) is 7. The average Bonchev–Trinajstić information content (AvgIpc) is 2.91. The second-order valence-corrected chi connectivity index (χ2v) is 10.9. The van der Waals surface area contributed by atoms with E-state index in [-0.39, 0.29) is 18.1 Å². The first-order valence-electron chi connectivity index (χ1n) is 12.9. The van der Waals surface area contributed by atoms with Gasteiger partial charge in [0.2, 0.25) is 0 Å². The molecule has 0 N–H and O–H groups in total. The Hall–Kier alpha value is -2.72. The summed E-state index contributed by atoms with van der Waals surface area (Å²) in [5, 5.41) is 5.14. The summed E-state index contributed by atoms with van der Waals surface area (Å²) in [6.45, 7) is 5.91. The topological polar surface area (TPSA) is 92.0 Å². The SMILES string of the molecule is CCOC(=O)[C@@H](C)Oc1cc(Br)c(C=Nn2c(C3CCCCC3)nc3ccc(Br)cc3c2=O)cc1OCC. The lowest BCUT2D eigenvalue weighted by atomic mass is 9.88. The highest BCUT2D eigenvalue weighted by Crippen LogP contribution is 2.35. The average molecular weight is 649 g/mol. The van der Waals surface area contributed by atoms with Crippen LogP contribution in [0.5, 0.6) is 11.5 Å². The summed E-state index contributed by atoms with van der Waals surface area (Å²) in [6, 6.07) is 9.03. The zero-order valence-corrected chi connectivity index (χ0v) is 24.9. The number of carbonyl (C=O) groups is 1. The summed E-state index contributed by atoms with van der Waals surface area (Å²) in [7, 11) is 0. The van der Waals surface area contributed by atoms with Crippen molar-refractivity contribution in [3.63, 3.8) is 0 Å². The first-order valence-corrected chi connectivity index (χ1v) is 14.5. The van der Waals surface area contributed by atoms with Crippen molar-refractivity contribution in [3.8, 4) is 11.5 Å². The Morgan fingerprint density at radius 3 is 2.61 bits per heavy atom. The summed E-state index contributed by atoms with van der Waals surface area (Å²) < 4.78 is 19.6. The predicted octanol–water partition coefficient (Wildman–Crippen LogP) is 6.58. The van der Waals surface area contributed by atoms with E-state index < -0.39 is 12.1 Å². The molecule has 1 saturated carbocycles. The third-order valence-electron chi connectivity index (χ3n) is 6.40. The number of fused-ring (bicyclic) bond motifs is 1. The van der Waals surface area contributed by atoms with E-state index in [0.717, 1.165) is 30.2 Å². The van der Waals surface area contributed by atoms with Gasteiger partial charge < -0.3 is 14.2 Å². The zero-order chi connectivity index (χ0) is 27.2. The molecule has 0 amide bonds. The molecule has 1 aliphatic carbocycles. The van der Waals surface area contributed by atoms with E-state index in [2.05, 4.69) is 37.0 Å². The molecule has 38 heavy (non-hydrogen) atoms. The summed E-state index contributed by atoms with van der Waals surface area (Å²) >= 11 is 7.03. The molecule has 2 aromatic carbocycles. The molecule has 202 valence electrons. The first-order chi connectivity index (χ1) is 18.3. The van der Waals surface area contributed by atoms with Crippen LogP contribution in [0.25, 0.3) is 10.9 Å². The maximum absolute atomic E-state index is 13.6. The van der Waals surface area contributed by atoms with Crippen LogP contribution < -0.4 is 15.0 Å². The van der Waals surface area contributed by atoms with Gasteiger partial charge in [0.15, 0.2) is 17.6 Å². The van der Waals surface area contributed by atoms with Gasteiger partial charge >= 0.3 is 5.97 Å². The van der Waals surface area contributed by atoms with Crippen molar-refractivity contribution in [2.24, 2.45) is 5.10 Å². The fraction of sp³-hybridized carbons (Fsp3) is 0.429. The number of aromatic nitrogens is 2. The number of hydrogen-bond donors (Lipinski definition) is 0. The molecule has 8 nitrogen and oxygen atoms in total. The van der Waals surface area contributed by atoms with Gasteiger partial charge in [-0.15, -0.1) is 0 Å². The molecule has 1 atom stereocenters. The van der Waals surface area contributed by atoms with Crippen LogP contribution in [0.15, 0.2) is 49.2 Å². The minimum absolute atomic E-state index is 0.171. The van der Waals surface area contributed by atoms with E-state index in [1.54, 1.807) is 38.3 Å². The van der Waals surface area contributed by atoms with Crippen LogP contribution in [0.3, 0.4) is 0 Å². The lowest BCUT2D eigenvalue weighted by molar-refractivity contribution is -0.150. The second-order valence-electron chi connectivity index (χ2n) is 9.09. The Morgan fingerprint density at radius 2 is 1.89 bits per heavy atom. The minimum Gasteiger partial charge on any atom is -0.490 e. The lowest BCUT2D eigenvalue weighted by Gasteiger charge is -2.22. The molecule has 1 aliphatic rings. The number of nitrogens with zero attached hydrogens (tertiary/aromatic N) is 3. The molecule has 10 heteroatoms. The van der Waals surface area contributed by atoms with Crippen LogP contribution in [0.2, 0.25) is 0 Å². The largest absolute Gasteiger partial charge is 0.490 e. The summed E-state index contributed by atoms with van der Waals surface area (Å²) in [5.41, 5.74) is 1.14. The highest BCUT2D eigenvalue weighted by atomic mass is 79.9. The maximum Gasteiger partial charge on any atom is 0.347 e. The van der Waals surface area contributed by atoms with Crippen LogP contribution in [0, 0.1) is 0 Å². The lowest BCUT2D eigenvalue weighted by Crippen LogP contribution is -2.26. The standard InChI is InChI=1S/C28H31Br2N3O5/c1-4-36-24-13-19(22(30)15-25(24)38-17(3)28(35)37-5-2)16-31-33-26(18-9-7-6-8-10-18)32-23-12-11-20(29)14-21(23)27(33)34/h11-18H,4-10H2,1-3H3/t17-/m1/s1. The molecule has 1 fully saturated rings. The van der Waals surface area contributed by atoms with Crippen LogP contribution in [0.4, 0.5) is 0 Å². The highest BCUT2D eigenvalue weighted by Gasteiger charge is 2.23. The Balaban J connectivity index is 1.75. The van der Waals surface area contributed by atoms with Crippen LogP contribution in [-0.2, 0) is 9.53 Å². The van der Waals surface area contributed by atoms with Crippen molar-refractivity contribution in [1.29, 1.82) is 0 Å². The van der Waals surface area contributed by atoms with E-state index in [4.69, 9.17) is 19.2 Å². The quantitative estimate of drug-likeness (QED) is 0.192. The molecule has 0 unspecified atom stereocenters. The molecule has 0 radical (unpaired) electrons. The number of halogens is 2. The summed E-state index contributed by atoms with van der Waals surface area (Å²) in [6.07, 6.45) is 6.18. The molecule has 1 heterocycles. The molecular formula is C28H31Br2N3O5. The second kappa shape index (κ2) is 12.9. The van der Waals surface area contributed by atoms with Crippen molar-refractivity contribution >= 4 is 54.9 Å². The van der Waals surface area contributed by atoms with Gasteiger partial charge in [-0.05, 0) is 79.9 Å². The fourth-order valence-electron chi connectivity index (χ4n) is 4.53. The number of benzene rings is 2. The number of esters is 1. The van der Waals surface area contributed by atoms with Crippen molar-refractivity contribution < 1.29 is 19.0 Å². The number of carbonyl (C=O) groups excluding carboxylic acids is 1. The van der Waals surface area contributed by atoms with Crippen LogP contribution in [0.1, 0.15) is 70.2 Å². The van der Waals surface area contributed by atoms with E-state index >= 15 is 0 Å². The maximum atomic E-state index is 13.6. The zero-order valence-electron chi connectivity index (χ0n) is 21.7. The molecule has 0 saturated heterocycles. The molecule has 0 aliphatic heterocycles. The number of ether oxygens (including phenoxy) is 3. The minimum atomic E-state index is -0.805. The van der Waals surface area contributed by atoms with Crippen molar-refractivity contribution in [2.45, 2.75) is 64.9 Å². The van der Waals surface area contributed by atoms with Crippen LogP contribution >= 0.6 is 31.9 Å². The highest BCUT2D eigenvalue weighted by molar-refractivity contribution is 9.10. The molecule has 1 aromatic heterocycles.